The molecule has 1 aromatic carbocycles. The average Bonchev–Trinajstić information content (AvgIpc) is 3.02. The predicted octanol–water partition coefficient (Wildman–Crippen LogP) is 3.64. The van der Waals surface area contributed by atoms with Gasteiger partial charge < -0.3 is 9.84 Å². The van der Waals surface area contributed by atoms with Crippen molar-refractivity contribution in [2.24, 2.45) is 0 Å². The maximum Gasteiger partial charge on any atom is 0.226 e. The number of aryl methyl sites for hydroxylation is 1. The van der Waals surface area contributed by atoms with Crippen LogP contribution < -0.4 is 5.32 Å². The zero-order valence-electron chi connectivity index (χ0n) is 11.8. The van der Waals surface area contributed by atoms with Crippen molar-refractivity contribution < 1.29 is 4.52 Å². The predicted molar refractivity (Wildman–Crippen MR) is 90.1 cm³/mol. The standard InChI is InChI=1S/C15H19N3OS2/c1-2-5-12(6-3-1)16-8-4-7-14-17-15(18-19-14)13-11-20-9-10-21-13/h1-3,5-6,13,16H,4,7-11H2. The van der Waals surface area contributed by atoms with E-state index >= 15 is 0 Å². The van der Waals surface area contributed by atoms with E-state index in [1.165, 1.54) is 11.5 Å². The summed E-state index contributed by atoms with van der Waals surface area (Å²) in [5, 5.41) is 7.93. The largest absolute Gasteiger partial charge is 0.385 e. The summed E-state index contributed by atoms with van der Waals surface area (Å²) in [4.78, 5) is 4.54. The SMILES string of the molecule is c1ccc(NCCCc2nc(C3CSCCS3)no2)cc1. The van der Waals surface area contributed by atoms with E-state index in [2.05, 4.69) is 27.6 Å². The molecular weight excluding hydrogens is 302 g/mol. The molecule has 0 radical (unpaired) electrons. The normalized spacial score (nSPS) is 18.6. The van der Waals surface area contributed by atoms with Crippen LogP contribution in [0.25, 0.3) is 0 Å². The Hall–Kier alpha value is -1.14. The topological polar surface area (TPSA) is 51.0 Å². The first-order chi connectivity index (χ1) is 10.4. The molecule has 0 saturated carbocycles. The Kier molecular flexibility index (Phi) is 5.46. The fraction of sp³-hybridized carbons (Fsp3) is 0.467. The van der Waals surface area contributed by atoms with Crippen molar-refractivity contribution in [3.05, 3.63) is 42.0 Å². The first kappa shape index (κ1) is 14.8. The molecule has 1 N–H and O–H groups in total. The highest BCUT2D eigenvalue weighted by Crippen LogP contribution is 2.35. The lowest BCUT2D eigenvalue weighted by molar-refractivity contribution is 0.371. The van der Waals surface area contributed by atoms with E-state index in [1.54, 1.807) is 0 Å². The van der Waals surface area contributed by atoms with Gasteiger partial charge in [0.15, 0.2) is 5.82 Å². The summed E-state index contributed by atoms with van der Waals surface area (Å²) in [6.45, 7) is 0.912. The third kappa shape index (κ3) is 4.41. The van der Waals surface area contributed by atoms with Gasteiger partial charge in [-0.2, -0.15) is 16.7 Å². The number of hydrogen-bond acceptors (Lipinski definition) is 6. The molecule has 0 bridgehead atoms. The van der Waals surface area contributed by atoms with Crippen LogP contribution in [0.5, 0.6) is 0 Å². The Morgan fingerprint density at radius 1 is 1.24 bits per heavy atom. The van der Waals surface area contributed by atoms with Crippen LogP contribution >= 0.6 is 23.5 Å². The van der Waals surface area contributed by atoms with Gasteiger partial charge in [-0.05, 0) is 18.6 Å². The van der Waals surface area contributed by atoms with Crippen molar-refractivity contribution in [1.29, 1.82) is 0 Å². The van der Waals surface area contributed by atoms with Gasteiger partial charge in [-0.1, -0.05) is 23.4 Å². The monoisotopic (exact) mass is 321 g/mol. The highest BCUT2D eigenvalue weighted by Gasteiger charge is 2.21. The maximum absolute atomic E-state index is 5.36. The Bertz CT molecular complexity index is 541. The second-order valence-electron chi connectivity index (χ2n) is 4.88. The summed E-state index contributed by atoms with van der Waals surface area (Å²) < 4.78 is 5.36. The lowest BCUT2D eigenvalue weighted by Crippen LogP contribution is -2.08. The summed E-state index contributed by atoms with van der Waals surface area (Å²) >= 11 is 3.91. The van der Waals surface area contributed by atoms with E-state index in [9.17, 15) is 0 Å². The van der Waals surface area contributed by atoms with Crippen LogP contribution in [0, 0.1) is 0 Å². The van der Waals surface area contributed by atoms with Crippen LogP contribution in [-0.4, -0.2) is 33.9 Å². The Balaban J connectivity index is 1.42. The van der Waals surface area contributed by atoms with E-state index < -0.39 is 0 Å². The van der Waals surface area contributed by atoms with Crippen LogP contribution in [-0.2, 0) is 6.42 Å². The number of rotatable bonds is 6. The minimum Gasteiger partial charge on any atom is -0.385 e. The Morgan fingerprint density at radius 3 is 2.95 bits per heavy atom. The first-order valence-electron chi connectivity index (χ1n) is 7.22. The van der Waals surface area contributed by atoms with E-state index in [0.29, 0.717) is 5.25 Å². The van der Waals surface area contributed by atoms with Gasteiger partial charge in [-0.15, -0.1) is 11.8 Å². The Morgan fingerprint density at radius 2 is 2.14 bits per heavy atom. The lowest BCUT2D eigenvalue weighted by atomic mass is 10.3. The van der Waals surface area contributed by atoms with Gasteiger partial charge in [-0.3, -0.25) is 0 Å². The zero-order chi connectivity index (χ0) is 14.3. The van der Waals surface area contributed by atoms with Gasteiger partial charge in [0.1, 0.15) is 0 Å². The number of thioether (sulfide) groups is 2. The minimum atomic E-state index is 0.406. The minimum absolute atomic E-state index is 0.406. The highest BCUT2D eigenvalue weighted by atomic mass is 32.2. The molecule has 2 aromatic rings. The van der Waals surface area contributed by atoms with E-state index in [0.717, 1.165) is 42.5 Å². The molecule has 1 atom stereocenters. The molecule has 2 heterocycles. The van der Waals surface area contributed by atoms with E-state index in [-0.39, 0.29) is 0 Å². The third-order valence-electron chi connectivity index (χ3n) is 3.26. The average molecular weight is 321 g/mol. The molecule has 0 amide bonds. The lowest BCUT2D eigenvalue weighted by Gasteiger charge is -2.16. The molecule has 1 aromatic heterocycles. The molecule has 1 aliphatic heterocycles. The van der Waals surface area contributed by atoms with Crippen molar-refractivity contribution in [1.82, 2.24) is 10.1 Å². The maximum atomic E-state index is 5.36. The van der Waals surface area contributed by atoms with Crippen LogP contribution in [0.4, 0.5) is 5.69 Å². The highest BCUT2D eigenvalue weighted by molar-refractivity contribution is 8.06. The summed E-state index contributed by atoms with van der Waals surface area (Å²) in [6.07, 6.45) is 1.82. The molecule has 3 rings (SSSR count). The molecule has 112 valence electrons. The smallest absolute Gasteiger partial charge is 0.226 e. The second kappa shape index (κ2) is 7.75. The molecule has 21 heavy (non-hydrogen) atoms. The third-order valence-corrected chi connectivity index (χ3v) is 6.01. The molecule has 1 fully saturated rings. The number of aromatic nitrogens is 2. The molecule has 1 unspecified atom stereocenters. The van der Waals surface area contributed by atoms with Gasteiger partial charge in [0.05, 0.1) is 5.25 Å². The fourth-order valence-corrected chi connectivity index (χ4v) is 4.75. The Labute approximate surface area is 133 Å². The van der Waals surface area contributed by atoms with Gasteiger partial charge in [0.2, 0.25) is 5.89 Å². The summed E-state index contributed by atoms with van der Waals surface area (Å²) in [5.41, 5.74) is 1.15. The van der Waals surface area contributed by atoms with Crippen LogP contribution in [0.3, 0.4) is 0 Å². The molecule has 6 heteroatoms. The number of hydrogen-bond donors (Lipinski definition) is 1. The fourth-order valence-electron chi connectivity index (χ4n) is 2.17. The van der Waals surface area contributed by atoms with Crippen molar-refractivity contribution >= 4 is 29.2 Å². The summed E-state index contributed by atoms with van der Waals surface area (Å²) in [7, 11) is 0. The van der Waals surface area contributed by atoms with Crippen LogP contribution in [0.1, 0.15) is 23.4 Å². The number of benzene rings is 1. The van der Waals surface area contributed by atoms with Crippen molar-refractivity contribution in [2.45, 2.75) is 18.1 Å². The van der Waals surface area contributed by atoms with E-state index in [1.807, 2.05) is 41.7 Å². The van der Waals surface area contributed by atoms with Crippen molar-refractivity contribution in [2.75, 3.05) is 29.1 Å². The molecule has 1 saturated heterocycles. The van der Waals surface area contributed by atoms with Crippen molar-refractivity contribution in [3.63, 3.8) is 0 Å². The van der Waals surface area contributed by atoms with E-state index in [4.69, 9.17) is 4.52 Å². The van der Waals surface area contributed by atoms with Crippen LogP contribution in [0.2, 0.25) is 0 Å². The number of para-hydroxylation sites is 1. The van der Waals surface area contributed by atoms with Crippen molar-refractivity contribution in [3.8, 4) is 0 Å². The zero-order valence-corrected chi connectivity index (χ0v) is 13.5. The first-order valence-corrected chi connectivity index (χ1v) is 9.43. The summed E-state index contributed by atoms with van der Waals surface area (Å²) in [6, 6.07) is 10.2. The quantitative estimate of drug-likeness (QED) is 0.820. The molecule has 0 spiro atoms. The van der Waals surface area contributed by atoms with Gasteiger partial charge in [-0.25, -0.2) is 0 Å². The van der Waals surface area contributed by atoms with Gasteiger partial charge in [0.25, 0.3) is 0 Å². The van der Waals surface area contributed by atoms with Crippen LogP contribution in [0.15, 0.2) is 34.9 Å². The second-order valence-corrected chi connectivity index (χ2v) is 7.34. The summed E-state index contributed by atoms with van der Waals surface area (Å²) in [5.74, 6) is 5.14. The number of anilines is 1. The number of nitrogens with zero attached hydrogens (tertiary/aromatic N) is 2. The molecule has 4 nitrogen and oxygen atoms in total. The molecular formula is C15H19N3OS2. The molecule has 1 aliphatic rings. The van der Waals surface area contributed by atoms with Gasteiger partial charge >= 0.3 is 0 Å². The molecule has 0 aliphatic carbocycles. The number of nitrogens with one attached hydrogen (secondary N) is 1. The van der Waals surface area contributed by atoms with Gasteiger partial charge in [0, 0.05) is 35.9 Å².